The van der Waals surface area contributed by atoms with Crippen molar-refractivity contribution >= 4 is 51.1 Å². The maximum Gasteiger partial charge on any atom is 0.374 e. The van der Waals surface area contributed by atoms with Crippen molar-refractivity contribution in [1.29, 1.82) is 0 Å². The van der Waals surface area contributed by atoms with E-state index in [0.717, 1.165) is 5.39 Å². The summed E-state index contributed by atoms with van der Waals surface area (Å²) in [7, 11) is 0. The van der Waals surface area contributed by atoms with Gasteiger partial charge in [-0.3, -0.25) is 4.79 Å². The Balaban J connectivity index is 1.62. The number of ether oxygens (including phenoxy) is 1. The molecule has 0 saturated carbocycles. The summed E-state index contributed by atoms with van der Waals surface area (Å²) in [5, 5.41) is 4.47. The van der Waals surface area contributed by atoms with Crippen molar-refractivity contribution in [3.8, 4) is 0 Å². The lowest BCUT2D eigenvalue weighted by molar-refractivity contribution is -0.114. The van der Waals surface area contributed by atoms with Crippen LogP contribution in [0.4, 0.5) is 5.69 Å². The van der Waals surface area contributed by atoms with Gasteiger partial charge >= 0.3 is 11.6 Å². The van der Waals surface area contributed by atoms with Gasteiger partial charge in [0.25, 0.3) is 0 Å². The summed E-state index contributed by atoms with van der Waals surface area (Å²) in [5.41, 5.74) is 1.79. The summed E-state index contributed by atoms with van der Waals surface area (Å²) in [4.78, 5) is 35.8. The van der Waals surface area contributed by atoms with Crippen LogP contribution < -0.4 is 10.9 Å². The highest BCUT2D eigenvalue weighted by Crippen LogP contribution is 2.29. The Morgan fingerprint density at radius 3 is 2.60 bits per heavy atom. The molecule has 0 aliphatic carbocycles. The van der Waals surface area contributed by atoms with Gasteiger partial charge in [0.1, 0.15) is 17.8 Å². The van der Waals surface area contributed by atoms with Gasteiger partial charge in [-0.15, -0.1) is 0 Å². The SMILES string of the molecule is CC(=O)Nc1ccc2c(COC(=O)c3oc4ccc(Cl)cc4c3C)cc(=O)oc2c1. The third kappa shape index (κ3) is 3.79. The fourth-order valence-electron chi connectivity index (χ4n) is 3.23. The molecule has 4 rings (SSSR count). The standard InChI is InChI=1S/C22H16ClNO6/c1-11-17-8-14(23)3-6-18(17)30-21(11)22(27)28-10-13-7-20(26)29-19-9-15(24-12(2)25)4-5-16(13)19/h3-9H,10H2,1-2H3,(H,24,25). The number of rotatable bonds is 4. The van der Waals surface area contributed by atoms with E-state index < -0.39 is 11.6 Å². The van der Waals surface area contributed by atoms with Crippen LogP contribution in [0.3, 0.4) is 0 Å². The topological polar surface area (TPSA) is 98.7 Å². The highest BCUT2D eigenvalue weighted by atomic mass is 35.5. The first-order valence-corrected chi connectivity index (χ1v) is 9.40. The minimum atomic E-state index is -0.656. The van der Waals surface area contributed by atoms with Gasteiger partial charge in [-0.05, 0) is 37.3 Å². The van der Waals surface area contributed by atoms with Crippen LogP contribution in [0.1, 0.15) is 28.6 Å². The Labute approximate surface area is 175 Å². The maximum absolute atomic E-state index is 12.6. The molecular weight excluding hydrogens is 410 g/mol. The highest BCUT2D eigenvalue weighted by Gasteiger charge is 2.20. The van der Waals surface area contributed by atoms with Crippen LogP contribution in [0.5, 0.6) is 0 Å². The third-order valence-electron chi connectivity index (χ3n) is 4.59. The molecular formula is C22H16ClNO6. The zero-order valence-electron chi connectivity index (χ0n) is 16.1. The molecule has 4 aromatic rings. The lowest BCUT2D eigenvalue weighted by Crippen LogP contribution is -2.09. The summed E-state index contributed by atoms with van der Waals surface area (Å²) in [6.07, 6.45) is 0. The quantitative estimate of drug-likeness (QED) is 0.372. The van der Waals surface area contributed by atoms with Crippen molar-refractivity contribution in [3.05, 3.63) is 74.8 Å². The van der Waals surface area contributed by atoms with Gasteiger partial charge in [0, 0.05) is 51.7 Å². The first kappa shape index (κ1) is 19.7. The molecule has 7 nitrogen and oxygen atoms in total. The van der Waals surface area contributed by atoms with E-state index in [0.29, 0.717) is 32.8 Å². The number of carbonyl (C=O) groups excluding carboxylic acids is 2. The predicted molar refractivity (Wildman–Crippen MR) is 112 cm³/mol. The molecule has 0 bridgehead atoms. The Bertz CT molecular complexity index is 1370. The summed E-state index contributed by atoms with van der Waals surface area (Å²) in [6, 6.07) is 11.2. The molecule has 152 valence electrons. The van der Waals surface area contributed by atoms with Gasteiger partial charge in [-0.2, -0.15) is 0 Å². The van der Waals surface area contributed by atoms with Crippen molar-refractivity contribution in [3.63, 3.8) is 0 Å². The molecule has 0 unspecified atom stereocenters. The minimum Gasteiger partial charge on any atom is -0.455 e. The molecule has 1 N–H and O–H groups in total. The zero-order valence-corrected chi connectivity index (χ0v) is 16.8. The average Bonchev–Trinajstić information content (AvgIpc) is 3.01. The summed E-state index contributed by atoms with van der Waals surface area (Å²) >= 11 is 6.01. The van der Waals surface area contributed by atoms with Crippen molar-refractivity contribution in [2.75, 3.05) is 5.32 Å². The summed E-state index contributed by atoms with van der Waals surface area (Å²) in [5.74, 6) is -0.826. The summed E-state index contributed by atoms with van der Waals surface area (Å²) < 4.78 is 16.2. The second kappa shape index (κ2) is 7.68. The van der Waals surface area contributed by atoms with Crippen molar-refractivity contribution in [2.24, 2.45) is 0 Å². The van der Waals surface area contributed by atoms with E-state index >= 15 is 0 Å². The van der Waals surface area contributed by atoms with Crippen LogP contribution in [0, 0.1) is 6.92 Å². The minimum absolute atomic E-state index is 0.0764. The molecule has 1 amide bonds. The molecule has 0 spiro atoms. The second-order valence-electron chi connectivity index (χ2n) is 6.76. The smallest absolute Gasteiger partial charge is 0.374 e. The first-order valence-electron chi connectivity index (χ1n) is 9.02. The maximum atomic E-state index is 12.6. The number of carbonyl (C=O) groups is 2. The molecule has 0 saturated heterocycles. The van der Waals surface area contributed by atoms with Gasteiger partial charge in [0.15, 0.2) is 0 Å². The molecule has 8 heteroatoms. The molecule has 0 aliphatic heterocycles. The second-order valence-corrected chi connectivity index (χ2v) is 7.19. The number of esters is 1. The number of amides is 1. The van der Waals surface area contributed by atoms with E-state index in [-0.39, 0.29) is 23.9 Å². The largest absolute Gasteiger partial charge is 0.455 e. The van der Waals surface area contributed by atoms with E-state index in [9.17, 15) is 14.4 Å². The van der Waals surface area contributed by atoms with Gasteiger partial charge < -0.3 is 18.9 Å². The van der Waals surface area contributed by atoms with Crippen LogP contribution in [0.25, 0.3) is 21.9 Å². The number of aryl methyl sites for hydroxylation is 1. The van der Waals surface area contributed by atoms with Gasteiger partial charge in [0.2, 0.25) is 11.7 Å². The molecule has 0 fully saturated rings. The van der Waals surface area contributed by atoms with Crippen LogP contribution in [-0.4, -0.2) is 11.9 Å². The van der Waals surface area contributed by atoms with E-state index in [1.165, 1.54) is 19.1 Å². The lowest BCUT2D eigenvalue weighted by Gasteiger charge is -2.08. The van der Waals surface area contributed by atoms with Crippen LogP contribution >= 0.6 is 11.6 Å². The van der Waals surface area contributed by atoms with Crippen molar-refractivity contribution < 1.29 is 23.2 Å². The number of halogens is 1. The molecule has 0 aliphatic rings. The Morgan fingerprint density at radius 1 is 1.03 bits per heavy atom. The normalized spacial score (nSPS) is 11.0. The Hall–Kier alpha value is -3.58. The fourth-order valence-corrected chi connectivity index (χ4v) is 3.40. The molecule has 2 aromatic heterocycles. The van der Waals surface area contributed by atoms with E-state index in [1.54, 1.807) is 37.3 Å². The number of nitrogens with one attached hydrogen (secondary N) is 1. The van der Waals surface area contributed by atoms with E-state index in [2.05, 4.69) is 5.32 Å². The first-order chi connectivity index (χ1) is 14.3. The van der Waals surface area contributed by atoms with Gasteiger partial charge in [-0.25, -0.2) is 9.59 Å². The number of anilines is 1. The predicted octanol–water partition coefficient (Wildman–Crippen LogP) is 4.82. The number of benzene rings is 2. The number of fused-ring (bicyclic) bond motifs is 2. The number of hydrogen-bond donors (Lipinski definition) is 1. The van der Waals surface area contributed by atoms with Crippen LogP contribution in [0.15, 0.2) is 56.1 Å². The summed E-state index contributed by atoms with van der Waals surface area (Å²) in [6.45, 7) is 2.97. The number of hydrogen-bond acceptors (Lipinski definition) is 6. The Morgan fingerprint density at radius 2 is 1.83 bits per heavy atom. The molecule has 30 heavy (non-hydrogen) atoms. The van der Waals surface area contributed by atoms with E-state index in [1.807, 2.05) is 0 Å². The fraction of sp³-hybridized carbons (Fsp3) is 0.136. The molecule has 0 radical (unpaired) electrons. The number of furan rings is 1. The average molecular weight is 426 g/mol. The van der Waals surface area contributed by atoms with Crippen molar-refractivity contribution in [2.45, 2.75) is 20.5 Å². The van der Waals surface area contributed by atoms with Crippen LogP contribution in [0.2, 0.25) is 5.02 Å². The lowest BCUT2D eigenvalue weighted by atomic mass is 10.1. The highest BCUT2D eigenvalue weighted by molar-refractivity contribution is 6.31. The third-order valence-corrected chi connectivity index (χ3v) is 4.83. The Kier molecular flexibility index (Phi) is 5.05. The van der Waals surface area contributed by atoms with E-state index in [4.69, 9.17) is 25.2 Å². The molecule has 2 aromatic carbocycles. The molecule has 0 atom stereocenters. The van der Waals surface area contributed by atoms with Gasteiger partial charge in [-0.1, -0.05) is 11.6 Å². The monoisotopic (exact) mass is 425 g/mol. The van der Waals surface area contributed by atoms with Gasteiger partial charge in [0.05, 0.1) is 0 Å². The van der Waals surface area contributed by atoms with Crippen molar-refractivity contribution in [1.82, 2.24) is 0 Å². The van der Waals surface area contributed by atoms with Crippen LogP contribution in [-0.2, 0) is 16.1 Å². The zero-order chi connectivity index (χ0) is 21.4. The molecule has 2 heterocycles.